The molecule has 1 fully saturated rings. The number of esters is 1. The minimum Gasteiger partial charge on any atom is -0.396 e. The molecular formula is C28H35N5O5SSi. The number of hydrogen-bond donors (Lipinski definition) is 1. The molecule has 1 aromatic heterocycles. The number of amidine groups is 1. The third-order valence-corrected chi connectivity index (χ3v) is 9.07. The Morgan fingerprint density at radius 2 is 1.90 bits per heavy atom. The summed E-state index contributed by atoms with van der Waals surface area (Å²) in [6.07, 6.45) is 1.70. The topological polar surface area (TPSA) is 97.8 Å². The van der Waals surface area contributed by atoms with Crippen LogP contribution in [0.5, 0.6) is 5.19 Å². The normalized spacial score (nSPS) is 15.2. The van der Waals surface area contributed by atoms with E-state index in [0.29, 0.717) is 17.8 Å². The van der Waals surface area contributed by atoms with E-state index < -0.39 is 14.0 Å². The lowest BCUT2D eigenvalue weighted by Crippen LogP contribution is -2.36. The molecule has 0 bridgehead atoms. The Morgan fingerprint density at radius 3 is 2.65 bits per heavy atom. The summed E-state index contributed by atoms with van der Waals surface area (Å²) in [6, 6.07) is 15.5. The van der Waals surface area contributed by atoms with Crippen molar-refractivity contribution in [3.05, 3.63) is 48.7 Å². The number of hydroxylamine groups is 1. The number of aromatic nitrogens is 1. The number of morpholine rings is 1. The fraction of sp³-hybridized carbons (Fsp3) is 0.393. The second-order valence-corrected chi connectivity index (χ2v) is 17.4. The quantitative estimate of drug-likeness (QED) is 0.203. The maximum atomic E-state index is 12.1. The molecule has 3 aromatic rings. The lowest BCUT2D eigenvalue weighted by atomic mass is 10.1. The van der Waals surface area contributed by atoms with Gasteiger partial charge in [-0.15, -0.1) is 0 Å². The maximum absolute atomic E-state index is 12.1. The van der Waals surface area contributed by atoms with Crippen molar-refractivity contribution in [2.24, 2.45) is 4.99 Å². The number of aliphatic imine (C=N–C) groups is 1. The van der Waals surface area contributed by atoms with Crippen molar-refractivity contribution in [3.63, 3.8) is 0 Å². The van der Waals surface area contributed by atoms with Crippen molar-refractivity contribution in [2.75, 3.05) is 61.8 Å². The average Bonchev–Trinajstić information content (AvgIpc) is 3.40. The summed E-state index contributed by atoms with van der Waals surface area (Å²) in [4.78, 5) is 30.2. The van der Waals surface area contributed by atoms with E-state index in [4.69, 9.17) is 19.0 Å². The fourth-order valence-corrected chi connectivity index (χ4v) is 5.72. The molecule has 12 heteroatoms. The summed E-state index contributed by atoms with van der Waals surface area (Å²) in [5, 5.41) is 5.22. The zero-order chi connectivity index (χ0) is 28.1. The summed E-state index contributed by atoms with van der Waals surface area (Å²) >= 11 is 1.30. The molecule has 5 rings (SSSR count). The minimum absolute atomic E-state index is 0.0766. The highest BCUT2D eigenvalue weighted by Gasteiger charge is 2.21. The number of ether oxygens (including phenoxy) is 3. The number of nitrogens with one attached hydrogen (secondary N) is 1. The predicted molar refractivity (Wildman–Crippen MR) is 162 cm³/mol. The van der Waals surface area contributed by atoms with Crippen molar-refractivity contribution < 1.29 is 23.8 Å². The van der Waals surface area contributed by atoms with Gasteiger partial charge >= 0.3 is 12.0 Å². The van der Waals surface area contributed by atoms with E-state index in [1.807, 2.05) is 37.4 Å². The van der Waals surface area contributed by atoms with Crippen LogP contribution in [0.3, 0.4) is 0 Å². The van der Waals surface area contributed by atoms with E-state index in [1.165, 1.54) is 17.0 Å². The van der Waals surface area contributed by atoms with Gasteiger partial charge in [0.15, 0.2) is 0 Å². The first-order valence-electron chi connectivity index (χ1n) is 13.3. The van der Waals surface area contributed by atoms with Gasteiger partial charge in [-0.05, 0) is 48.0 Å². The predicted octanol–water partition coefficient (Wildman–Crippen LogP) is 5.39. The minimum atomic E-state index is -1.20. The second kappa shape index (κ2) is 12.4. The highest BCUT2D eigenvalue weighted by atomic mass is 32.1. The molecule has 10 nitrogen and oxygen atoms in total. The van der Waals surface area contributed by atoms with Crippen LogP contribution in [-0.2, 0) is 19.1 Å². The molecule has 1 saturated heterocycles. The number of fused-ring (bicyclic) bond motifs is 1. The van der Waals surface area contributed by atoms with Gasteiger partial charge in [-0.1, -0.05) is 37.0 Å². The molecule has 1 N–H and O–H groups in total. The number of carbonyl (C=O) groups excluding carboxylic acids is 1. The van der Waals surface area contributed by atoms with Gasteiger partial charge in [0.25, 0.3) is 5.19 Å². The number of thiazole rings is 1. The molecule has 0 aliphatic carbocycles. The first kappa shape index (κ1) is 28.1. The van der Waals surface area contributed by atoms with Crippen LogP contribution in [0.4, 0.5) is 22.7 Å². The van der Waals surface area contributed by atoms with Crippen LogP contribution in [0.1, 0.15) is 0 Å². The largest absolute Gasteiger partial charge is 0.396 e. The van der Waals surface area contributed by atoms with E-state index in [2.05, 4.69) is 52.0 Å². The average molecular weight is 582 g/mol. The molecule has 40 heavy (non-hydrogen) atoms. The fourth-order valence-electron chi connectivity index (χ4n) is 4.18. The van der Waals surface area contributed by atoms with Crippen LogP contribution < -0.4 is 20.0 Å². The van der Waals surface area contributed by atoms with Crippen molar-refractivity contribution in [1.29, 1.82) is 0 Å². The Hall–Kier alpha value is -3.45. The summed E-state index contributed by atoms with van der Waals surface area (Å²) in [6.45, 7) is 10.6. The first-order chi connectivity index (χ1) is 19.2. The molecule has 0 amide bonds. The van der Waals surface area contributed by atoms with Crippen LogP contribution in [0, 0.1) is 0 Å². The summed E-state index contributed by atoms with van der Waals surface area (Å²) in [5.41, 5.74) is 4.57. The Kier molecular flexibility index (Phi) is 8.69. The molecule has 0 unspecified atom stereocenters. The van der Waals surface area contributed by atoms with Gasteiger partial charge in [0, 0.05) is 52.4 Å². The SMILES string of the molecule is CN1OC(Nc2ccc(N3CCOCC3)cc2)=Nc2ccc(-c3cnc(OC(=O)COCC[Si](C)(C)C)s3)cc21. The Labute approximate surface area is 239 Å². The standard InChI is InChI=1S/C28H35N5O5SSi/c1-32-24-17-20(25-18-29-28(39-25)37-26(34)19-36-15-16-40(2,3)4)5-10-23(24)31-27(38-32)30-21-6-8-22(9-7-21)33-11-13-35-14-12-33/h5-10,17-18H,11-16,19H2,1-4H3,(H,30,31). The van der Waals surface area contributed by atoms with Crippen molar-refractivity contribution in [2.45, 2.75) is 25.7 Å². The molecule has 2 aliphatic rings. The van der Waals surface area contributed by atoms with Crippen LogP contribution in [0.25, 0.3) is 10.4 Å². The molecule has 2 aromatic carbocycles. The van der Waals surface area contributed by atoms with Gasteiger partial charge in [0.1, 0.15) is 12.3 Å². The van der Waals surface area contributed by atoms with Gasteiger partial charge in [-0.2, -0.15) is 4.99 Å². The smallest absolute Gasteiger partial charge is 0.339 e. The molecule has 0 radical (unpaired) electrons. The van der Waals surface area contributed by atoms with E-state index in [1.54, 1.807) is 11.3 Å². The zero-order valence-corrected chi connectivity index (χ0v) is 25.1. The van der Waals surface area contributed by atoms with Crippen LogP contribution in [0.2, 0.25) is 25.7 Å². The third-order valence-electron chi connectivity index (χ3n) is 6.44. The second-order valence-electron chi connectivity index (χ2n) is 10.8. The van der Waals surface area contributed by atoms with Crippen molar-refractivity contribution in [3.8, 4) is 15.6 Å². The van der Waals surface area contributed by atoms with E-state index in [9.17, 15) is 4.79 Å². The highest BCUT2D eigenvalue weighted by Crippen LogP contribution is 2.38. The molecule has 3 heterocycles. The van der Waals surface area contributed by atoms with Crippen LogP contribution in [0.15, 0.2) is 53.7 Å². The summed E-state index contributed by atoms with van der Waals surface area (Å²) in [7, 11) is 0.637. The van der Waals surface area contributed by atoms with E-state index in [0.717, 1.165) is 59.9 Å². The molecular weight excluding hydrogens is 546 g/mol. The molecule has 212 valence electrons. The molecule has 0 saturated carbocycles. The Morgan fingerprint density at radius 1 is 1.12 bits per heavy atom. The number of benzene rings is 2. The Bertz CT molecular complexity index is 1350. The Balaban J connectivity index is 1.19. The van der Waals surface area contributed by atoms with Gasteiger partial charge < -0.3 is 29.3 Å². The van der Waals surface area contributed by atoms with Crippen molar-refractivity contribution in [1.82, 2.24) is 4.98 Å². The van der Waals surface area contributed by atoms with Gasteiger partial charge in [-0.3, -0.25) is 0 Å². The third kappa shape index (κ3) is 7.39. The highest BCUT2D eigenvalue weighted by molar-refractivity contribution is 7.16. The maximum Gasteiger partial charge on any atom is 0.339 e. The number of nitrogens with zero attached hydrogens (tertiary/aromatic N) is 4. The van der Waals surface area contributed by atoms with Crippen LogP contribution >= 0.6 is 11.3 Å². The number of anilines is 3. The van der Waals surface area contributed by atoms with E-state index >= 15 is 0 Å². The first-order valence-corrected chi connectivity index (χ1v) is 17.8. The number of hydrogen-bond acceptors (Lipinski definition) is 11. The molecule has 0 atom stereocenters. The van der Waals surface area contributed by atoms with Gasteiger partial charge in [-0.25, -0.2) is 14.8 Å². The monoisotopic (exact) mass is 581 g/mol. The zero-order valence-electron chi connectivity index (χ0n) is 23.3. The van der Waals surface area contributed by atoms with Crippen molar-refractivity contribution >= 4 is 54.2 Å². The lowest BCUT2D eigenvalue weighted by Gasteiger charge is -2.29. The van der Waals surface area contributed by atoms with E-state index in [-0.39, 0.29) is 6.61 Å². The lowest BCUT2D eigenvalue weighted by molar-refractivity contribution is -0.139. The van der Waals surface area contributed by atoms with Crippen LogP contribution in [-0.4, -0.2) is 71.6 Å². The number of carbonyl (C=O) groups is 1. The summed E-state index contributed by atoms with van der Waals surface area (Å²) in [5.74, 6) is -0.444. The van der Waals surface area contributed by atoms with Gasteiger partial charge in [0.2, 0.25) is 0 Å². The van der Waals surface area contributed by atoms with Gasteiger partial charge in [0.05, 0.1) is 23.8 Å². The molecule has 0 spiro atoms. The molecule has 2 aliphatic heterocycles. The number of rotatable bonds is 9. The summed E-state index contributed by atoms with van der Waals surface area (Å²) < 4.78 is 16.3.